The Kier molecular flexibility index (Phi) is 2.19. The minimum absolute atomic E-state index is 0.357. The van der Waals surface area contributed by atoms with Crippen molar-refractivity contribution in [3.63, 3.8) is 0 Å². The summed E-state index contributed by atoms with van der Waals surface area (Å²) in [5.74, 6) is 0. The molecule has 2 N–H and O–H groups in total. The van der Waals surface area contributed by atoms with Crippen LogP contribution in [0, 0.1) is 6.92 Å². The van der Waals surface area contributed by atoms with E-state index in [0.717, 1.165) is 11.2 Å². The molecule has 0 spiro atoms. The lowest BCUT2D eigenvalue weighted by Gasteiger charge is -2.01. The Morgan fingerprint density at radius 3 is 2.71 bits per heavy atom. The molecule has 2 rings (SSSR count). The molecule has 0 aliphatic rings. The summed E-state index contributed by atoms with van der Waals surface area (Å²) in [7, 11) is -1.49. The van der Waals surface area contributed by atoms with E-state index in [1.807, 2.05) is 19.1 Å². The molecule has 0 aliphatic heterocycles. The first-order valence-electron chi connectivity index (χ1n) is 4.26. The van der Waals surface area contributed by atoms with Crippen LogP contribution >= 0.6 is 0 Å². The number of hydrogen-bond donors (Lipinski definition) is 2. The van der Waals surface area contributed by atoms with Crippen LogP contribution in [0.15, 0.2) is 24.4 Å². The van der Waals surface area contributed by atoms with Gasteiger partial charge in [0.15, 0.2) is 0 Å². The first-order valence-corrected chi connectivity index (χ1v) is 4.26. The average Bonchev–Trinajstić information content (AvgIpc) is 2.16. The van der Waals surface area contributed by atoms with Gasteiger partial charge in [0.25, 0.3) is 0 Å². The van der Waals surface area contributed by atoms with Gasteiger partial charge in [-0.15, -0.1) is 0 Å². The molecule has 0 aliphatic carbocycles. The molecule has 0 saturated carbocycles. The Hall–Kier alpha value is -1.46. The number of aryl methyl sites for hydroxylation is 1. The molecule has 0 unspecified atom stereocenters. The highest BCUT2D eigenvalue weighted by Gasteiger charge is 2.11. The minimum atomic E-state index is -1.49. The fourth-order valence-corrected chi connectivity index (χ4v) is 1.27. The summed E-state index contributed by atoms with van der Waals surface area (Å²) < 4.78 is 0. The highest BCUT2D eigenvalue weighted by atomic mass is 16.4. The third-order valence-corrected chi connectivity index (χ3v) is 2.00. The number of rotatable bonds is 1. The first kappa shape index (κ1) is 9.11. The maximum absolute atomic E-state index is 8.94. The molecule has 0 radical (unpaired) electrons. The second-order valence-electron chi connectivity index (χ2n) is 3.13. The van der Waals surface area contributed by atoms with E-state index < -0.39 is 7.12 Å². The Labute approximate surface area is 81.4 Å². The zero-order valence-electron chi connectivity index (χ0n) is 7.68. The standard InChI is InChI=1S/C9H9BN2O2/c1-6-2-3-8-9(12-6)4-7(5-11-8)10(13)14/h2-5,13-14H,1H3. The van der Waals surface area contributed by atoms with Crippen LogP contribution in [0.2, 0.25) is 0 Å². The van der Waals surface area contributed by atoms with Crippen molar-refractivity contribution in [2.75, 3.05) is 0 Å². The Morgan fingerprint density at radius 1 is 1.21 bits per heavy atom. The summed E-state index contributed by atoms with van der Waals surface area (Å²) in [6, 6.07) is 5.34. The van der Waals surface area contributed by atoms with Crippen molar-refractivity contribution < 1.29 is 10.0 Å². The van der Waals surface area contributed by atoms with Crippen molar-refractivity contribution in [2.24, 2.45) is 0 Å². The van der Waals surface area contributed by atoms with Crippen molar-refractivity contribution in [3.8, 4) is 0 Å². The van der Waals surface area contributed by atoms with Crippen LogP contribution in [0.3, 0.4) is 0 Å². The van der Waals surface area contributed by atoms with Crippen molar-refractivity contribution in [2.45, 2.75) is 6.92 Å². The van der Waals surface area contributed by atoms with Crippen molar-refractivity contribution >= 4 is 23.6 Å². The third-order valence-electron chi connectivity index (χ3n) is 2.00. The van der Waals surface area contributed by atoms with Gasteiger partial charge in [-0.1, -0.05) is 0 Å². The largest absolute Gasteiger partial charge is 0.490 e. The highest BCUT2D eigenvalue weighted by molar-refractivity contribution is 6.58. The van der Waals surface area contributed by atoms with Crippen molar-refractivity contribution in [1.82, 2.24) is 9.97 Å². The van der Waals surface area contributed by atoms with Crippen LogP contribution in [0.1, 0.15) is 5.69 Å². The summed E-state index contributed by atoms with van der Waals surface area (Å²) in [6.45, 7) is 1.88. The molecule has 0 aromatic carbocycles. The monoisotopic (exact) mass is 188 g/mol. The van der Waals surface area contributed by atoms with E-state index in [9.17, 15) is 0 Å². The second kappa shape index (κ2) is 3.36. The molecule has 70 valence electrons. The summed E-state index contributed by atoms with van der Waals surface area (Å²) in [5.41, 5.74) is 2.66. The van der Waals surface area contributed by atoms with Gasteiger partial charge in [-0.25, -0.2) is 0 Å². The summed E-state index contributed by atoms with van der Waals surface area (Å²) in [4.78, 5) is 8.30. The molecule has 2 heterocycles. The number of hydrogen-bond acceptors (Lipinski definition) is 4. The van der Waals surface area contributed by atoms with E-state index in [0.29, 0.717) is 11.0 Å². The molecule has 5 heteroatoms. The van der Waals surface area contributed by atoms with Crippen LogP contribution < -0.4 is 5.46 Å². The number of pyridine rings is 2. The Morgan fingerprint density at radius 2 is 2.00 bits per heavy atom. The van der Waals surface area contributed by atoms with Gasteiger partial charge < -0.3 is 10.0 Å². The maximum Gasteiger partial charge on any atom is 0.490 e. The van der Waals surface area contributed by atoms with Crippen LogP contribution in [0.4, 0.5) is 0 Å². The van der Waals surface area contributed by atoms with Gasteiger partial charge in [0, 0.05) is 17.4 Å². The summed E-state index contributed by atoms with van der Waals surface area (Å²) >= 11 is 0. The summed E-state index contributed by atoms with van der Waals surface area (Å²) in [6.07, 6.45) is 1.43. The van der Waals surface area contributed by atoms with E-state index in [-0.39, 0.29) is 0 Å². The van der Waals surface area contributed by atoms with Gasteiger partial charge in [0.2, 0.25) is 0 Å². The molecule has 2 aromatic rings. The van der Waals surface area contributed by atoms with Gasteiger partial charge >= 0.3 is 7.12 Å². The van der Waals surface area contributed by atoms with Crippen LogP contribution in [-0.4, -0.2) is 27.1 Å². The van der Waals surface area contributed by atoms with Gasteiger partial charge in [0.1, 0.15) is 0 Å². The lowest BCUT2D eigenvalue weighted by Crippen LogP contribution is -2.30. The second-order valence-corrected chi connectivity index (χ2v) is 3.13. The fourth-order valence-electron chi connectivity index (χ4n) is 1.27. The van der Waals surface area contributed by atoms with Crippen LogP contribution in [0.5, 0.6) is 0 Å². The smallest absolute Gasteiger partial charge is 0.423 e. The first-order chi connectivity index (χ1) is 6.66. The van der Waals surface area contributed by atoms with Crippen molar-refractivity contribution in [1.29, 1.82) is 0 Å². The van der Waals surface area contributed by atoms with Gasteiger partial charge in [-0.3, -0.25) is 9.97 Å². The van der Waals surface area contributed by atoms with Crippen molar-refractivity contribution in [3.05, 3.63) is 30.1 Å². The zero-order valence-corrected chi connectivity index (χ0v) is 7.68. The van der Waals surface area contributed by atoms with Gasteiger partial charge in [-0.2, -0.15) is 0 Å². The molecule has 0 bridgehead atoms. The molecule has 14 heavy (non-hydrogen) atoms. The van der Waals surface area contributed by atoms with Crippen LogP contribution in [-0.2, 0) is 0 Å². The predicted octanol–water partition coefficient (Wildman–Crippen LogP) is -0.382. The molecule has 0 amide bonds. The zero-order chi connectivity index (χ0) is 10.1. The SMILES string of the molecule is Cc1ccc2ncc(B(O)O)cc2n1. The van der Waals surface area contributed by atoms with Crippen LogP contribution in [0.25, 0.3) is 11.0 Å². The van der Waals surface area contributed by atoms with E-state index in [1.165, 1.54) is 6.20 Å². The quantitative estimate of drug-likeness (QED) is 0.598. The minimum Gasteiger partial charge on any atom is -0.423 e. The molecule has 0 fully saturated rings. The topological polar surface area (TPSA) is 66.2 Å². The highest BCUT2D eigenvalue weighted by Crippen LogP contribution is 2.07. The Bertz CT molecular complexity index is 473. The molecular formula is C9H9BN2O2. The van der Waals surface area contributed by atoms with E-state index in [1.54, 1.807) is 6.07 Å². The number of fused-ring (bicyclic) bond motifs is 1. The fraction of sp³-hybridized carbons (Fsp3) is 0.111. The third kappa shape index (κ3) is 1.59. The average molecular weight is 188 g/mol. The number of aromatic nitrogens is 2. The van der Waals surface area contributed by atoms with E-state index in [4.69, 9.17) is 10.0 Å². The van der Waals surface area contributed by atoms with Gasteiger partial charge in [-0.05, 0) is 25.1 Å². The lowest BCUT2D eigenvalue weighted by molar-refractivity contribution is 0.425. The molecule has 0 atom stereocenters. The molecule has 2 aromatic heterocycles. The molecule has 0 saturated heterocycles. The lowest BCUT2D eigenvalue weighted by atomic mass is 9.81. The predicted molar refractivity (Wildman–Crippen MR) is 54.1 cm³/mol. The number of nitrogens with zero attached hydrogens (tertiary/aromatic N) is 2. The molecule has 4 nitrogen and oxygen atoms in total. The summed E-state index contributed by atoms with van der Waals surface area (Å²) in [5, 5.41) is 17.9. The van der Waals surface area contributed by atoms with Gasteiger partial charge in [0.05, 0.1) is 11.0 Å². The Balaban J connectivity index is 2.63. The maximum atomic E-state index is 8.94. The normalized spacial score (nSPS) is 10.5. The van der Waals surface area contributed by atoms with E-state index in [2.05, 4.69) is 9.97 Å². The molecular weight excluding hydrogens is 179 g/mol. The van der Waals surface area contributed by atoms with E-state index >= 15 is 0 Å².